The molecule has 0 spiro atoms. The number of benzene rings is 1. The smallest absolute Gasteiger partial charge is 0.349 e. The minimum atomic E-state index is -0.405. The lowest BCUT2D eigenvalue weighted by molar-refractivity contribution is -0.134. The highest BCUT2D eigenvalue weighted by Crippen LogP contribution is 2.18. The molecule has 3 nitrogen and oxygen atoms in total. The van der Waals surface area contributed by atoms with Crippen molar-refractivity contribution in [2.24, 2.45) is 4.99 Å². The maximum absolute atomic E-state index is 11.0. The van der Waals surface area contributed by atoms with E-state index in [4.69, 9.17) is 4.74 Å². The van der Waals surface area contributed by atoms with Crippen LogP contribution in [0, 0.1) is 13.8 Å². The van der Waals surface area contributed by atoms with E-state index in [-0.39, 0.29) is 0 Å². The van der Waals surface area contributed by atoms with Crippen LogP contribution in [0.3, 0.4) is 0 Å². The molecular formula is C12H15NO2. The van der Waals surface area contributed by atoms with Crippen LogP contribution in [-0.2, 0) is 9.53 Å². The second-order valence-corrected chi connectivity index (χ2v) is 3.30. The summed E-state index contributed by atoms with van der Waals surface area (Å²) >= 11 is 0. The quantitative estimate of drug-likeness (QED) is 0.562. The van der Waals surface area contributed by atoms with E-state index in [1.807, 2.05) is 32.0 Å². The highest BCUT2D eigenvalue weighted by Gasteiger charge is 1.98. The normalized spacial score (nSPS) is 10.6. The van der Waals surface area contributed by atoms with Crippen LogP contribution in [0.4, 0.5) is 5.69 Å². The van der Waals surface area contributed by atoms with E-state index in [1.165, 1.54) is 11.8 Å². The van der Waals surface area contributed by atoms with Crippen molar-refractivity contribution in [1.29, 1.82) is 0 Å². The molecule has 0 unspecified atom stereocenters. The zero-order valence-electron chi connectivity index (χ0n) is 9.28. The first-order valence-corrected chi connectivity index (χ1v) is 4.91. The number of esters is 1. The third kappa shape index (κ3) is 3.54. The van der Waals surface area contributed by atoms with E-state index in [2.05, 4.69) is 4.99 Å². The Morgan fingerprint density at radius 3 is 2.80 bits per heavy atom. The van der Waals surface area contributed by atoms with Crippen LogP contribution in [0.2, 0.25) is 0 Å². The molecule has 0 atom stereocenters. The van der Waals surface area contributed by atoms with E-state index in [0.717, 1.165) is 11.3 Å². The van der Waals surface area contributed by atoms with Crippen LogP contribution in [0.25, 0.3) is 0 Å². The zero-order chi connectivity index (χ0) is 11.3. The molecule has 0 N–H and O–H groups in total. The molecule has 0 fully saturated rings. The second kappa shape index (κ2) is 5.29. The fourth-order valence-electron chi connectivity index (χ4n) is 1.25. The number of ether oxygens (including phenoxy) is 1. The molecule has 0 radical (unpaired) electrons. The van der Waals surface area contributed by atoms with Crippen molar-refractivity contribution in [3.8, 4) is 0 Å². The molecule has 0 heterocycles. The van der Waals surface area contributed by atoms with Crippen LogP contribution >= 0.6 is 0 Å². The maximum atomic E-state index is 11.0. The third-order valence-electron chi connectivity index (χ3n) is 1.95. The van der Waals surface area contributed by atoms with Crippen molar-refractivity contribution in [3.05, 3.63) is 29.3 Å². The number of rotatable bonds is 3. The Hall–Kier alpha value is -1.64. The van der Waals surface area contributed by atoms with Crippen molar-refractivity contribution in [2.45, 2.75) is 20.8 Å². The first kappa shape index (κ1) is 11.4. The number of aryl methyl sites for hydroxylation is 2. The monoisotopic (exact) mass is 205 g/mol. The van der Waals surface area contributed by atoms with Gasteiger partial charge in [0.05, 0.1) is 12.3 Å². The van der Waals surface area contributed by atoms with E-state index < -0.39 is 5.97 Å². The lowest BCUT2D eigenvalue weighted by Gasteiger charge is -2.00. The average molecular weight is 205 g/mol. The molecule has 15 heavy (non-hydrogen) atoms. The number of hydrogen-bond acceptors (Lipinski definition) is 3. The van der Waals surface area contributed by atoms with E-state index >= 15 is 0 Å². The molecular weight excluding hydrogens is 190 g/mol. The van der Waals surface area contributed by atoms with Crippen molar-refractivity contribution in [1.82, 2.24) is 0 Å². The summed E-state index contributed by atoms with van der Waals surface area (Å²) in [6.07, 6.45) is 1.21. The first-order chi connectivity index (χ1) is 7.13. The Balaban J connectivity index is 2.76. The van der Waals surface area contributed by atoms with Gasteiger partial charge in [-0.15, -0.1) is 0 Å². The molecule has 1 rings (SSSR count). The summed E-state index contributed by atoms with van der Waals surface area (Å²) in [4.78, 5) is 15.1. The summed E-state index contributed by atoms with van der Waals surface area (Å²) in [6.45, 7) is 6.12. The van der Waals surface area contributed by atoms with Crippen LogP contribution in [0.5, 0.6) is 0 Å². The van der Waals surface area contributed by atoms with Crippen LogP contribution in [-0.4, -0.2) is 18.8 Å². The Kier molecular flexibility index (Phi) is 4.03. The molecule has 0 saturated carbocycles. The Morgan fingerprint density at radius 1 is 1.47 bits per heavy atom. The van der Waals surface area contributed by atoms with Gasteiger partial charge >= 0.3 is 5.97 Å². The van der Waals surface area contributed by atoms with Gasteiger partial charge in [0, 0.05) is 0 Å². The van der Waals surface area contributed by atoms with Gasteiger partial charge in [0.25, 0.3) is 0 Å². The number of carbonyl (C=O) groups excluding carboxylic acids is 1. The van der Waals surface area contributed by atoms with Gasteiger partial charge in [-0.25, -0.2) is 9.79 Å². The average Bonchev–Trinajstić information content (AvgIpc) is 2.17. The predicted molar refractivity (Wildman–Crippen MR) is 60.7 cm³/mol. The number of aliphatic imine (C=N–C) groups is 1. The first-order valence-electron chi connectivity index (χ1n) is 4.91. The highest BCUT2D eigenvalue weighted by molar-refractivity contribution is 6.23. The van der Waals surface area contributed by atoms with Gasteiger partial charge in [0.1, 0.15) is 6.21 Å². The Labute approximate surface area is 89.8 Å². The molecule has 0 aliphatic rings. The number of hydrogen-bond donors (Lipinski definition) is 0. The molecule has 80 valence electrons. The zero-order valence-corrected chi connectivity index (χ0v) is 9.28. The third-order valence-corrected chi connectivity index (χ3v) is 1.95. The summed E-state index contributed by atoms with van der Waals surface area (Å²) in [5.41, 5.74) is 3.03. The van der Waals surface area contributed by atoms with E-state index in [1.54, 1.807) is 6.92 Å². The van der Waals surface area contributed by atoms with Gasteiger partial charge in [-0.05, 0) is 32.4 Å². The van der Waals surface area contributed by atoms with Crippen molar-refractivity contribution in [2.75, 3.05) is 6.61 Å². The minimum absolute atomic E-state index is 0.373. The fourth-order valence-corrected chi connectivity index (χ4v) is 1.25. The van der Waals surface area contributed by atoms with Crippen LogP contribution < -0.4 is 0 Å². The van der Waals surface area contributed by atoms with Crippen molar-refractivity contribution < 1.29 is 9.53 Å². The van der Waals surface area contributed by atoms with E-state index in [0.29, 0.717) is 6.61 Å². The van der Waals surface area contributed by atoms with Gasteiger partial charge in [-0.3, -0.25) is 0 Å². The number of nitrogens with zero attached hydrogens (tertiary/aromatic N) is 1. The molecule has 3 heteroatoms. The van der Waals surface area contributed by atoms with Gasteiger partial charge in [-0.1, -0.05) is 17.7 Å². The molecule has 0 aromatic heterocycles. The predicted octanol–water partition coefficient (Wildman–Crippen LogP) is 2.57. The molecule has 1 aromatic carbocycles. The van der Waals surface area contributed by atoms with Crippen LogP contribution in [0.15, 0.2) is 23.2 Å². The van der Waals surface area contributed by atoms with Crippen molar-refractivity contribution >= 4 is 17.9 Å². The molecule has 0 amide bonds. The SMILES string of the molecule is CCOC(=O)C=Nc1ccc(C)cc1C. The highest BCUT2D eigenvalue weighted by atomic mass is 16.5. The van der Waals surface area contributed by atoms with Crippen LogP contribution in [0.1, 0.15) is 18.1 Å². The Morgan fingerprint density at radius 2 is 2.20 bits per heavy atom. The van der Waals surface area contributed by atoms with E-state index in [9.17, 15) is 4.79 Å². The number of carbonyl (C=O) groups is 1. The molecule has 1 aromatic rings. The summed E-state index contributed by atoms with van der Waals surface area (Å²) in [5.74, 6) is -0.405. The van der Waals surface area contributed by atoms with Crippen molar-refractivity contribution in [3.63, 3.8) is 0 Å². The topological polar surface area (TPSA) is 38.7 Å². The summed E-state index contributed by atoms with van der Waals surface area (Å²) in [6, 6.07) is 5.88. The minimum Gasteiger partial charge on any atom is -0.462 e. The molecule has 0 bridgehead atoms. The van der Waals surface area contributed by atoms with Gasteiger partial charge in [-0.2, -0.15) is 0 Å². The Bertz CT molecular complexity index is 383. The lowest BCUT2D eigenvalue weighted by atomic mass is 10.1. The molecule has 0 saturated heterocycles. The lowest BCUT2D eigenvalue weighted by Crippen LogP contribution is -2.04. The maximum Gasteiger partial charge on any atom is 0.349 e. The molecule has 0 aliphatic carbocycles. The fraction of sp³-hybridized carbons (Fsp3) is 0.333. The summed E-state index contributed by atoms with van der Waals surface area (Å²) < 4.78 is 4.74. The van der Waals surface area contributed by atoms with Gasteiger partial charge in [0.15, 0.2) is 0 Å². The summed E-state index contributed by atoms with van der Waals surface area (Å²) in [7, 11) is 0. The molecule has 0 aliphatic heterocycles. The van der Waals surface area contributed by atoms with Gasteiger partial charge < -0.3 is 4.74 Å². The summed E-state index contributed by atoms with van der Waals surface area (Å²) in [5, 5.41) is 0. The van der Waals surface area contributed by atoms with Gasteiger partial charge in [0.2, 0.25) is 0 Å². The largest absolute Gasteiger partial charge is 0.462 e. The second-order valence-electron chi connectivity index (χ2n) is 3.30. The standard InChI is InChI=1S/C12H15NO2/c1-4-15-12(14)8-13-11-6-5-9(2)7-10(11)3/h5-8H,4H2,1-3H3.